The zero-order chi connectivity index (χ0) is 27.2. The smallest absolute Gasteiger partial charge is 0.343 e. The standard InChI is InChI=1S/C31H25N3O5/c1-37-23-17-15-21(16-18-23)31(36)39-25-13-7-6-11-22(25)19-32-34-30(35)29-27(20-9-4-3-5-10-20)24-12-8-14-26(38-2)28(24)33-29/h3-19,33H,1-2H3,(H,34,35). The van der Waals surface area contributed by atoms with Crippen molar-refractivity contribution in [2.75, 3.05) is 14.2 Å². The number of carbonyl (C=O) groups is 2. The topological polar surface area (TPSA) is 102 Å². The number of hydrazone groups is 1. The first kappa shape index (κ1) is 25.3. The summed E-state index contributed by atoms with van der Waals surface area (Å²) in [6.45, 7) is 0. The molecule has 0 aliphatic rings. The minimum absolute atomic E-state index is 0.302. The second-order valence-corrected chi connectivity index (χ2v) is 8.48. The molecule has 8 heteroatoms. The molecule has 0 fully saturated rings. The second kappa shape index (κ2) is 11.4. The maximum absolute atomic E-state index is 13.3. The predicted molar refractivity (Wildman–Crippen MR) is 150 cm³/mol. The van der Waals surface area contributed by atoms with Gasteiger partial charge in [-0.1, -0.05) is 54.6 Å². The van der Waals surface area contributed by atoms with E-state index in [-0.39, 0.29) is 0 Å². The third-order valence-electron chi connectivity index (χ3n) is 6.12. The van der Waals surface area contributed by atoms with Crippen LogP contribution in [-0.4, -0.2) is 37.3 Å². The number of esters is 1. The molecule has 0 aliphatic carbocycles. The van der Waals surface area contributed by atoms with Crippen LogP contribution in [0.25, 0.3) is 22.0 Å². The summed E-state index contributed by atoms with van der Waals surface area (Å²) < 4.78 is 16.2. The number of nitrogens with one attached hydrogen (secondary N) is 2. The highest BCUT2D eigenvalue weighted by Crippen LogP contribution is 2.36. The average molecular weight is 520 g/mol. The monoisotopic (exact) mass is 519 g/mol. The van der Waals surface area contributed by atoms with E-state index in [1.165, 1.54) is 6.21 Å². The van der Waals surface area contributed by atoms with Gasteiger partial charge < -0.3 is 19.2 Å². The molecule has 0 spiro atoms. The van der Waals surface area contributed by atoms with Crippen molar-refractivity contribution in [1.82, 2.24) is 10.4 Å². The van der Waals surface area contributed by atoms with Gasteiger partial charge in [-0.3, -0.25) is 4.79 Å². The van der Waals surface area contributed by atoms with Gasteiger partial charge in [-0.2, -0.15) is 5.10 Å². The van der Waals surface area contributed by atoms with Crippen LogP contribution in [0.2, 0.25) is 0 Å². The Morgan fingerprint density at radius 3 is 2.26 bits per heavy atom. The summed E-state index contributed by atoms with van der Waals surface area (Å²) in [5.74, 6) is 0.605. The Balaban J connectivity index is 1.39. The molecule has 5 rings (SSSR count). The van der Waals surface area contributed by atoms with Gasteiger partial charge in [0.15, 0.2) is 0 Å². The summed E-state index contributed by atoms with van der Waals surface area (Å²) in [6, 6.07) is 28.8. The van der Waals surface area contributed by atoms with E-state index < -0.39 is 11.9 Å². The van der Waals surface area contributed by atoms with Gasteiger partial charge in [-0.05, 0) is 48.0 Å². The minimum Gasteiger partial charge on any atom is -0.497 e. The Labute approximate surface area is 224 Å². The fourth-order valence-electron chi connectivity index (χ4n) is 4.22. The molecule has 1 heterocycles. The number of carbonyl (C=O) groups excluding carboxylic acids is 2. The normalized spacial score (nSPS) is 10.9. The Kier molecular flexibility index (Phi) is 7.36. The number of hydrogen-bond donors (Lipinski definition) is 2. The van der Waals surface area contributed by atoms with Crippen LogP contribution in [-0.2, 0) is 0 Å². The molecular formula is C31H25N3O5. The number of aromatic nitrogens is 1. The zero-order valence-corrected chi connectivity index (χ0v) is 21.3. The number of aromatic amines is 1. The van der Waals surface area contributed by atoms with Crippen molar-refractivity contribution in [2.45, 2.75) is 0 Å². The third kappa shape index (κ3) is 5.35. The highest BCUT2D eigenvalue weighted by atomic mass is 16.5. The first-order valence-electron chi connectivity index (χ1n) is 12.1. The number of rotatable bonds is 8. The molecular weight excluding hydrogens is 494 g/mol. The molecule has 4 aromatic carbocycles. The largest absolute Gasteiger partial charge is 0.497 e. The molecule has 0 bridgehead atoms. The molecule has 194 valence electrons. The molecule has 0 radical (unpaired) electrons. The molecule has 0 aliphatic heterocycles. The third-order valence-corrected chi connectivity index (χ3v) is 6.12. The summed E-state index contributed by atoms with van der Waals surface area (Å²) in [5, 5.41) is 5.00. The summed E-state index contributed by atoms with van der Waals surface area (Å²) in [7, 11) is 3.14. The summed E-state index contributed by atoms with van der Waals surface area (Å²) in [5.41, 5.74) is 6.15. The van der Waals surface area contributed by atoms with Crippen LogP contribution in [0.5, 0.6) is 17.2 Å². The van der Waals surface area contributed by atoms with Crippen LogP contribution in [0.15, 0.2) is 102 Å². The van der Waals surface area contributed by atoms with Crippen molar-refractivity contribution in [1.29, 1.82) is 0 Å². The summed E-state index contributed by atoms with van der Waals surface area (Å²) in [6.07, 6.45) is 1.43. The number of nitrogens with zero attached hydrogens (tertiary/aromatic N) is 1. The number of para-hydroxylation sites is 2. The lowest BCUT2D eigenvalue weighted by atomic mass is 10.0. The fourth-order valence-corrected chi connectivity index (χ4v) is 4.22. The van der Waals surface area contributed by atoms with Crippen molar-refractivity contribution in [3.8, 4) is 28.4 Å². The highest BCUT2D eigenvalue weighted by molar-refractivity contribution is 6.11. The van der Waals surface area contributed by atoms with E-state index in [9.17, 15) is 9.59 Å². The Morgan fingerprint density at radius 2 is 1.51 bits per heavy atom. The first-order valence-corrected chi connectivity index (χ1v) is 12.1. The van der Waals surface area contributed by atoms with Crippen molar-refractivity contribution in [3.05, 3.63) is 114 Å². The van der Waals surface area contributed by atoms with Gasteiger partial charge in [0, 0.05) is 16.5 Å². The minimum atomic E-state index is -0.526. The Bertz CT molecular complexity index is 1660. The molecule has 0 saturated carbocycles. The van der Waals surface area contributed by atoms with Gasteiger partial charge in [-0.15, -0.1) is 0 Å². The van der Waals surface area contributed by atoms with E-state index >= 15 is 0 Å². The summed E-state index contributed by atoms with van der Waals surface area (Å²) >= 11 is 0. The number of methoxy groups -OCH3 is 2. The zero-order valence-electron chi connectivity index (χ0n) is 21.3. The van der Waals surface area contributed by atoms with Crippen molar-refractivity contribution >= 4 is 29.0 Å². The quantitative estimate of drug-likeness (QED) is 0.116. The van der Waals surface area contributed by atoms with Crippen LogP contribution >= 0.6 is 0 Å². The van der Waals surface area contributed by atoms with Gasteiger partial charge in [-0.25, -0.2) is 10.2 Å². The van der Waals surface area contributed by atoms with Gasteiger partial charge in [0.25, 0.3) is 5.91 Å². The highest BCUT2D eigenvalue weighted by Gasteiger charge is 2.21. The lowest BCUT2D eigenvalue weighted by Crippen LogP contribution is -2.19. The van der Waals surface area contributed by atoms with Crippen LogP contribution in [0.1, 0.15) is 26.4 Å². The number of amides is 1. The fraction of sp³-hybridized carbons (Fsp3) is 0.0645. The maximum atomic E-state index is 13.3. The van der Waals surface area contributed by atoms with Gasteiger partial charge in [0.1, 0.15) is 22.9 Å². The molecule has 0 unspecified atom stereocenters. The van der Waals surface area contributed by atoms with E-state index in [1.807, 2.05) is 48.5 Å². The first-order chi connectivity index (χ1) is 19.1. The van der Waals surface area contributed by atoms with Crippen LogP contribution in [0, 0.1) is 0 Å². The number of ether oxygens (including phenoxy) is 3. The molecule has 0 atom stereocenters. The van der Waals surface area contributed by atoms with E-state index in [0.29, 0.717) is 39.6 Å². The average Bonchev–Trinajstić information content (AvgIpc) is 3.38. The number of hydrogen-bond acceptors (Lipinski definition) is 6. The van der Waals surface area contributed by atoms with Crippen LogP contribution in [0.3, 0.4) is 0 Å². The molecule has 1 amide bonds. The van der Waals surface area contributed by atoms with E-state index in [1.54, 1.807) is 62.8 Å². The second-order valence-electron chi connectivity index (χ2n) is 8.48. The SMILES string of the molecule is COc1ccc(C(=O)Oc2ccccc2C=NNC(=O)c2[nH]c3c(OC)cccc3c2-c2ccccc2)cc1. The molecule has 2 N–H and O–H groups in total. The number of benzene rings is 4. The molecule has 0 saturated heterocycles. The van der Waals surface area contributed by atoms with Gasteiger partial charge in [0.05, 0.1) is 31.5 Å². The Morgan fingerprint density at radius 1 is 0.795 bits per heavy atom. The van der Waals surface area contributed by atoms with Gasteiger partial charge >= 0.3 is 5.97 Å². The lowest BCUT2D eigenvalue weighted by molar-refractivity contribution is 0.0734. The number of fused-ring (bicyclic) bond motifs is 1. The molecule has 8 nitrogen and oxygen atoms in total. The van der Waals surface area contributed by atoms with Crippen molar-refractivity contribution in [2.24, 2.45) is 5.10 Å². The lowest BCUT2D eigenvalue weighted by Gasteiger charge is -2.08. The molecule has 39 heavy (non-hydrogen) atoms. The van der Waals surface area contributed by atoms with E-state index in [0.717, 1.165) is 16.5 Å². The van der Waals surface area contributed by atoms with E-state index in [4.69, 9.17) is 14.2 Å². The van der Waals surface area contributed by atoms with E-state index in [2.05, 4.69) is 15.5 Å². The maximum Gasteiger partial charge on any atom is 0.343 e. The summed E-state index contributed by atoms with van der Waals surface area (Å²) in [4.78, 5) is 29.2. The van der Waals surface area contributed by atoms with Gasteiger partial charge in [0.2, 0.25) is 0 Å². The van der Waals surface area contributed by atoms with Crippen LogP contribution in [0.4, 0.5) is 0 Å². The Hall–Kier alpha value is -5.37. The molecule has 1 aromatic heterocycles. The number of H-pyrrole nitrogens is 1. The predicted octanol–water partition coefficient (Wildman–Crippen LogP) is 5.84. The van der Waals surface area contributed by atoms with Crippen LogP contribution < -0.4 is 19.6 Å². The van der Waals surface area contributed by atoms with Crippen molar-refractivity contribution < 1.29 is 23.8 Å². The molecule has 5 aromatic rings. The van der Waals surface area contributed by atoms with Crippen molar-refractivity contribution in [3.63, 3.8) is 0 Å².